The number of hydrogen-bond donors (Lipinski definition) is 0. The number of rotatable bonds is 0. The topological polar surface area (TPSA) is 9.23 Å². The van der Waals surface area contributed by atoms with Gasteiger partial charge in [-0.05, 0) is 40.4 Å². The van der Waals surface area contributed by atoms with Gasteiger partial charge >= 0.3 is 0 Å². The van der Waals surface area contributed by atoms with E-state index in [0.717, 1.165) is 18.6 Å². The average Bonchev–Trinajstić information content (AvgIpc) is 2.30. The lowest BCUT2D eigenvalue weighted by atomic mass is 10.0. The zero-order valence-electron chi connectivity index (χ0n) is 5.89. The highest BCUT2D eigenvalue weighted by Crippen LogP contribution is 2.39. The smallest absolute Gasteiger partial charge is 0.169 e. The Balaban J connectivity index is 2.28. The van der Waals surface area contributed by atoms with Crippen LogP contribution in [0, 0.1) is 0 Å². The maximum Gasteiger partial charge on any atom is 0.169 e. The summed E-state index contributed by atoms with van der Waals surface area (Å²) in [6, 6.07) is 0. The SMILES string of the molecule is BrC1OC2=C(CCC=C2)C1Br. The number of allylic oxidation sites excluding steroid dienone is 2. The summed E-state index contributed by atoms with van der Waals surface area (Å²) in [5.41, 5.74) is 1.40. The van der Waals surface area contributed by atoms with E-state index in [2.05, 4.69) is 44.0 Å². The number of halogens is 2. The third kappa shape index (κ3) is 1.29. The molecule has 0 aromatic heterocycles. The summed E-state index contributed by atoms with van der Waals surface area (Å²) in [7, 11) is 0. The van der Waals surface area contributed by atoms with Crippen molar-refractivity contribution in [2.75, 3.05) is 0 Å². The molecule has 60 valence electrons. The monoisotopic (exact) mass is 278 g/mol. The first-order valence-electron chi connectivity index (χ1n) is 3.63. The third-order valence-electron chi connectivity index (χ3n) is 1.97. The van der Waals surface area contributed by atoms with Gasteiger partial charge in [0.1, 0.15) is 5.76 Å². The molecule has 0 radical (unpaired) electrons. The summed E-state index contributed by atoms with van der Waals surface area (Å²) < 4.78 is 5.54. The minimum Gasteiger partial charge on any atom is -0.478 e. The Morgan fingerprint density at radius 1 is 1.45 bits per heavy atom. The molecule has 0 saturated heterocycles. The molecule has 2 unspecified atom stereocenters. The van der Waals surface area contributed by atoms with E-state index in [1.807, 2.05) is 0 Å². The highest BCUT2D eigenvalue weighted by Gasteiger charge is 2.32. The molecule has 2 atom stereocenters. The normalized spacial score (nSPS) is 35.5. The molecular formula is C8H8Br2O. The predicted molar refractivity (Wildman–Crippen MR) is 51.9 cm³/mol. The van der Waals surface area contributed by atoms with Gasteiger partial charge < -0.3 is 4.74 Å². The van der Waals surface area contributed by atoms with Gasteiger partial charge in [0.25, 0.3) is 0 Å². The van der Waals surface area contributed by atoms with E-state index in [1.54, 1.807) is 0 Å². The van der Waals surface area contributed by atoms with Crippen molar-refractivity contribution in [3.8, 4) is 0 Å². The molecule has 1 aliphatic carbocycles. The van der Waals surface area contributed by atoms with Gasteiger partial charge in [0.15, 0.2) is 5.01 Å². The Hall–Kier alpha value is 0.240. The first-order chi connectivity index (χ1) is 5.29. The van der Waals surface area contributed by atoms with Gasteiger partial charge in [0.2, 0.25) is 0 Å². The molecule has 0 bridgehead atoms. The Bertz CT molecular complexity index is 232. The Morgan fingerprint density at radius 2 is 2.27 bits per heavy atom. The second-order valence-electron chi connectivity index (χ2n) is 2.70. The van der Waals surface area contributed by atoms with Crippen LogP contribution in [0.4, 0.5) is 0 Å². The molecule has 0 saturated carbocycles. The number of hydrogen-bond acceptors (Lipinski definition) is 1. The summed E-state index contributed by atoms with van der Waals surface area (Å²) in [4.78, 5) is 0.363. The molecule has 1 aliphatic heterocycles. The lowest BCUT2D eigenvalue weighted by Gasteiger charge is -2.07. The highest BCUT2D eigenvalue weighted by molar-refractivity contribution is 9.12. The molecule has 2 aliphatic rings. The maximum atomic E-state index is 5.54. The Morgan fingerprint density at radius 3 is 3.00 bits per heavy atom. The fourth-order valence-corrected chi connectivity index (χ4v) is 2.47. The molecule has 0 aromatic rings. The Kier molecular flexibility index (Phi) is 2.10. The molecular weight excluding hydrogens is 272 g/mol. The van der Waals surface area contributed by atoms with Crippen molar-refractivity contribution in [2.45, 2.75) is 22.7 Å². The molecule has 11 heavy (non-hydrogen) atoms. The minimum atomic E-state index is 0.121. The average molecular weight is 280 g/mol. The van der Waals surface area contributed by atoms with Crippen LogP contribution in [-0.4, -0.2) is 9.84 Å². The molecule has 0 spiro atoms. The first-order valence-corrected chi connectivity index (χ1v) is 5.46. The number of alkyl halides is 2. The van der Waals surface area contributed by atoms with E-state index in [1.165, 1.54) is 5.57 Å². The van der Waals surface area contributed by atoms with Crippen LogP contribution in [0.25, 0.3) is 0 Å². The van der Waals surface area contributed by atoms with Crippen LogP contribution in [-0.2, 0) is 4.74 Å². The van der Waals surface area contributed by atoms with Crippen LogP contribution in [0.5, 0.6) is 0 Å². The largest absolute Gasteiger partial charge is 0.478 e. The molecule has 0 N–H and O–H groups in total. The van der Waals surface area contributed by atoms with Crippen molar-refractivity contribution in [1.82, 2.24) is 0 Å². The van der Waals surface area contributed by atoms with E-state index in [0.29, 0.717) is 4.83 Å². The quantitative estimate of drug-likeness (QED) is 0.619. The second kappa shape index (κ2) is 2.94. The van der Waals surface area contributed by atoms with Crippen LogP contribution >= 0.6 is 31.9 Å². The summed E-state index contributed by atoms with van der Waals surface area (Å²) in [5.74, 6) is 1.06. The zero-order chi connectivity index (χ0) is 7.84. The Labute approximate surface area is 82.8 Å². The fraction of sp³-hybridized carbons (Fsp3) is 0.500. The molecule has 0 fully saturated rings. The highest BCUT2D eigenvalue weighted by atomic mass is 79.9. The van der Waals surface area contributed by atoms with Crippen LogP contribution < -0.4 is 0 Å². The van der Waals surface area contributed by atoms with Crippen LogP contribution in [0.3, 0.4) is 0 Å². The molecule has 1 nitrogen and oxygen atoms in total. The van der Waals surface area contributed by atoms with Crippen molar-refractivity contribution in [3.05, 3.63) is 23.5 Å². The van der Waals surface area contributed by atoms with E-state index in [4.69, 9.17) is 4.74 Å². The van der Waals surface area contributed by atoms with E-state index in [-0.39, 0.29) is 5.01 Å². The lowest BCUT2D eigenvalue weighted by molar-refractivity contribution is 0.236. The van der Waals surface area contributed by atoms with Gasteiger partial charge in [-0.3, -0.25) is 0 Å². The minimum absolute atomic E-state index is 0.121. The maximum absolute atomic E-state index is 5.54. The summed E-state index contributed by atoms with van der Waals surface area (Å²) >= 11 is 7.03. The van der Waals surface area contributed by atoms with Crippen LogP contribution in [0.2, 0.25) is 0 Å². The van der Waals surface area contributed by atoms with Gasteiger partial charge in [-0.2, -0.15) is 0 Å². The first kappa shape index (κ1) is 7.87. The standard InChI is InChI=1S/C8H8Br2O/c9-7-5-3-1-2-4-6(5)11-8(7)10/h2,4,7-8H,1,3H2. The molecule has 0 amide bonds. The van der Waals surface area contributed by atoms with Crippen molar-refractivity contribution >= 4 is 31.9 Å². The van der Waals surface area contributed by atoms with E-state index < -0.39 is 0 Å². The molecule has 2 rings (SSSR count). The molecule has 0 aromatic carbocycles. The van der Waals surface area contributed by atoms with Gasteiger partial charge in [-0.15, -0.1) is 0 Å². The van der Waals surface area contributed by atoms with Crippen molar-refractivity contribution < 1.29 is 4.74 Å². The summed E-state index contributed by atoms with van der Waals surface area (Å²) in [6.45, 7) is 0. The molecule has 3 heteroatoms. The van der Waals surface area contributed by atoms with E-state index in [9.17, 15) is 0 Å². The van der Waals surface area contributed by atoms with Crippen molar-refractivity contribution in [3.63, 3.8) is 0 Å². The van der Waals surface area contributed by atoms with Gasteiger partial charge in [0.05, 0.1) is 4.83 Å². The van der Waals surface area contributed by atoms with Crippen LogP contribution in [0.15, 0.2) is 23.5 Å². The third-order valence-corrected chi connectivity index (χ3v) is 4.43. The molecule has 1 heterocycles. The van der Waals surface area contributed by atoms with Gasteiger partial charge in [0, 0.05) is 0 Å². The summed E-state index contributed by atoms with van der Waals surface area (Å²) in [6.07, 6.45) is 6.49. The van der Waals surface area contributed by atoms with Crippen LogP contribution in [0.1, 0.15) is 12.8 Å². The van der Waals surface area contributed by atoms with Gasteiger partial charge in [-0.25, -0.2) is 0 Å². The fourth-order valence-electron chi connectivity index (χ4n) is 1.39. The van der Waals surface area contributed by atoms with Crippen molar-refractivity contribution in [1.29, 1.82) is 0 Å². The van der Waals surface area contributed by atoms with Gasteiger partial charge in [-0.1, -0.05) is 22.0 Å². The lowest BCUT2D eigenvalue weighted by Crippen LogP contribution is -2.09. The summed E-state index contributed by atoms with van der Waals surface area (Å²) in [5, 5.41) is 0.121. The number of ether oxygens (including phenoxy) is 1. The predicted octanol–water partition coefficient (Wildman–Crippen LogP) is 3.11. The van der Waals surface area contributed by atoms with E-state index >= 15 is 0 Å². The van der Waals surface area contributed by atoms with Crippen molar-refractivity contribution in [2.24, 2.45) is 0 Å². The zero-order valence-corrected chi connectivity index (χ0v) is 9.06. The second-order valence-corrected chi connectivity index (χ2v) is 4.59.